The number of hydrogen-bond donors (Lipinski definition) is 0. The Bertz CT molecular complexity index is 1110. The first-order valence-corrected chi connectivity index (χ1v) is 34.0. The number of aliphatic carboxylic acids is 2. The molecule has 0 aliphatic heterocycles. The first-order chi connectivity index (χ1) is 37.2. The predicted octanol–water partition coefficient (Wildman–Crippen LogP) is 20.0. The molecule has 0 N–H and O–H groups in total. The van der Waals surface area contributed by atoms with Gasteiger partial charge in [-0.2, -0.15) is 0 Å². The number of carboxylic acid groups (broad SMARTS) is 2. The zero-order valence-corrected chi connectivity index (χ0v) is 55.1. The summed E-state index contributed by atoms with van der Waals surface area (Å²) >= 11 is 0. The summed E-state index contributed by atoms with van der Waals surface area (Å²) in [5.41, 5.74) is 0. The van der Waals surface area contributed by atoms with E-state index in [4.69, 9.17) is 9.47 Å². The molecule has 0 aliphatic carbocycles. The first kappa shape index (κ1) is 79.7. The van der Waals surface area contributed by atoms with Crippen molar-refractivity contribution in [3.05, 3.63) is 0 Å². The zero-order valence-electron chi connectivity index (χ0n) is 52.1. The van der Waals surface area contributed by atoms with E-state index in [1.165, 1.54) is 218 Å². The molecule has 77 heavy (non-hydrogen) atoms. The van der Waals surface area contributed by atoms with Crippen LogP contribution in [0.5, 0.6) is 0 Å². The molecule has 0 aromatic rings. The molecule has 0 aliphatic rings. The van der Waals surface area contributed by atoms with E-state index in [1.54, 1.807) is 0 Å². The van der Waals surface area contributed by atoms with Crippen LogP contribution in [0.15, 0.2) is 0 Å². The van der Waals surface area contributed by atoms with Gasteiger partial charge in [-0.1, -0.05) is 297 Å². The van der Waals surface area contributed by atoms with Crippen molar-refractivity contribution in [2.75, 3.05) is 0 Å². The zero-order chi connectivity index (χ0) is 55.9. The van der Waals surface area contributed by atoms with Crippen LogP contribution in [0.1, 0.15) is 400 Å². The van der Waals surface area contributed by atoms with Crippen molar-refractivity contribution in [3.8, 4) is 0 Å². The van der Waals surface area contributed by atoms with Gasteiger partial charge in [0.25, 0.3) is 0 Å². The van der Waals surface area contributed by atoms with Crippen LogP contribution in [0.3, 0.4) is 0 Å². The summed E-state index contributed by atoms with van der Waals surface area (Å²) in [6, 6.07) is 0. The normalized spacial score (nSPS) is 11.9. The second-order valence-electron chi connectivity index (χ2n) is 23.4. The van der Waals surface area contributed by atoms with Gasteiger partial charge in [-0.15, -0.1) is 0 Å². The minimum Gasteiger partial charge on any atom is -0.550 e. The number of hydrogen-bond acceptors (Lipinski definition) is 8. The number of carboxylic acids is 2. The number of unbranched alkanes of at least 4 members (excludes halogenated alkanes) is 44. The maximum absolute atomic E-state index is 12.5. The molecule has 0 spiro atoms. The Morgan fingerprint density at radius 3 is 0.584 bits per heavy atom. The molecule has 0 radical (unpaired) electrons. The Labute approximate surface area is 492 Å². The molecule has 0 aromatic heterocycles. The van der Waals surface area contributed by atoms with Gasteiger partial charge in [0.05, 0.1) is 0 Å². The summed E-state index contributed by atoms with van der Waals surface area (Å²) in [6.07, 6.45) is 67.4. The Hall–Kier alpha value is -1.50. The molecule has 0 heterocycles. The molecule has 2 atom stereocenters. The summed E-state index contributed by atoms with van der Waals surface area (Å²) in [6.45, 7) is 9.03. The summed E-state index contributed by atoms with van der Waals surface area (Å²) in [5.74, 6) is -1.84. The van der Waals surface area contributed by atoms with Crippen LogP contribution in [0.4, 0.5) is 0 Å². The van der Waals surface area contributed by atoms with Crippen molar-refractivity contribution in [1.82, 2.24) is 0 Å². The number of rotatable bonds is 62. The fourth-order valence-corrected chi connectivity index (χ4v) is 10.6. The van der Waals surface area contributed by atoms with Gasteiger partial charge in [0.2, 0.25) is 0 Å². The van der Waals surface area contributed by atoms with E-state index >= 15 is 0 Å². The molecule has 0 saturated carbocycles. The van der Waals surface area contributed by atoms with Gasteiger partial charge in [-0.25, -0.2) is 0 Å². The molecule has 0 aromatic carbocycles. The molecule has 0 fully saturated rings. The molecule has 2 unspecified atom stereocenters. The average Bonchev–Trinajstić information content (AvgIpc) is 3.39. The van der Waals surface area contributed by atoms with E-state index in [0.717, 1.165) is 128 Å². The number of carbonyl (C=O) groups is 4. The van der Waals surface area contributed by atoms with Crippen molar-refractivity contribution < 1.29 is 58.3 Å². The van der Waals surface area contributed by atoms with Gasteiger partial charge in [-0.05, 0) is 89.9 Å². The molecular weight excluding hydrogens is 1010 g/mol. The van der Waals surface area contributed by atoms with Crippen LogP contribution in [-0.4, -0.2) is 36.1 Å². The Balaban J connectivity index is -0.00000140. The monoisotopic (exact) mass is 1140 g/mol. The second kappa shape index (κ2) is 68.8. The van der Waals surface area contributed by atoms with E-state index in [2.05, 4.69) is 27.7 Å². The number of carbonyl (C=O) groups excluding carboxylic acids is 4. The largest absolute Gasteiger partial charge is 2.00 e. The smallest absolute Gasteiger partial charge is 0.550 e. The summed E-state index contributed by atoms with van der Waals surface area (Å²) < 4.78 is 11.9. The van der Waals surface area contributed by atoms with Crippen molar-refractivity contribution >= 4 is 23.9 Å². The van der Waals surface area contributed by atoms with Crippen LogP contribution >= 0.6 is 0 Å². The minimum absolute atomic E-state index is 0. The topological polar surface area (TPSA) is 133 Å². The van der Waals surface area contributed by atoms with Gasteiger partial charge in [-0.3, -0.25) is 9.59 Å². The maximum atomic E-state index is 12.5. The fourth-order valence-electron chi connectivity index (χ4n) is 10.6. The third kappa shape index (κ3) is 70.6. The van der Waals surface area contributed by atoms with Crippen LogP contribution in [0.2, 0.25) is 0 Å². The fraction of sp³-hybridized carbons (Fsp3) is 0.941. The molecule has 9 heteroatoms. The third-order valence-electron chi connectivity index (χ3n) is 15.6. The average molecular weight is 1140 g/mol. The van der Waals surface area contributed by atoms with Crippen LogP contribution < -0.4 is 10.2 Å². The quantitative estimate of drug-likeness (QED) is 0.0334. The minimum atomic E-state index is -0.936. The summed E-state index contributed by atoms with van der Waals surface area (Å²) in [5, 5.41) is 20.9. The van der Waals surface area contributed by atoms with Gasteiger partial charge in [0.1, 0.15) is 12.2 Å². The first-order valence-electron chi connectivity index (χ1n) is 34.0. The van der Waals surface area contributed by atoms with Crippen LogP contribution in [0, 0.1) is 0 Å². The SMILES string of the molecule is CCCCCCCCCCCCCCCC(=O)OC(CCCCCCC)CCCCCCCCCC(=O)[O-].CCCCCCCCCCCCCCCC(=O)OC(CCCCCCC)CCCCCCCCCC(=O)[O-].[Zn+2]. The number of ether oxygens (including phenoxy) is 2. The van der Waals surface area contributed by atoms with Crippen LogP contribution in [-0.2, 0) is 48.1 Å². The molecule has 0 bridgehead atoms. The molecular formula is C68H130O8Zn. The Morgan fingerprint density at radius 2 is 0.403 bits per heavy atom. The third-order valence-corrected chi connectivity index (χ3v) is 15.6. The van der Waals surface area contributed by atoms with E-state index < -0.39 is 11.9 Å². The maximum Gasteiger partial charge on any atom is 2.00 e. The molecule has 0 saturated heterocycles. The van der Waals surface area contributed by atoms with E-state index in [1.807, 2.05) is 0 Å². The molecule has 0 rings (SSSR count). The molecule has 8 nitrogen and oxygen atoms in total. The standard InChI is InChI=1S/2C34H66O4.Zn/c2*1-3-5-7-9-10-11-12-13-14-15-19-23-27-31-34(37)38-32(28-24-20-8-6-4-2)29-25-21-17-16-18-22-26-30-33(35)36;/h2*32H,3-31H2,1-2H3,(H,35,36);/q;;+2/p-2. The van der Waals surface area contributed by atoms with Gasteiger partial charge in [0, 0.05) is 24.8 Å². The van der Waals surface area contributed by atoms with Crippen molar-refractivity contribution in [2.24, 2.45) is 0 Å². The van der Waals surface area contributed by atoms with Crippen molar-refractivity contribution in [3.63, 3.8) is 0 Å². The van der Waals surface area contributed by atoms with E-state index in [9.17, 15) is 29.4 Å². The van der Waals surface area contributed by atoms with Gasteiger partial charge in [0.15, 0.2) is 0 Å². The predicted molar refractivity (Wildman–Crippen MR) is 320 cm³/mol. The number of esters is 2. The molecule has 0 amide bonds. The summed E-state index contributed by atoms with van der Waals surface area (Å²) in [4.78, 5) is 45.9. The van der Waals surface area contributed by atoms with E-state index in [0.29, 0.717) is 12.8 Å². The van der Waals surface area contributed by atoms with Crippen molar-refractivity contribution in [1.29, 1.82) is 0 Å². The summed E-state index contributed by atoms with van der Waals surface area (Å²) in [7, 11) is 0. The second-order valence-corrected chi connectivity index (χ2v) is 23.4. The Kier molecular flexibility index (Phi) is 71.2. The van der Waals surface area contributed by atoms with Gasteiger partial charge < -0.3 is 29.3 Å². The van der Waals surface area contributed by atoms with E-state index in [-0.39, 0.29) is 56.5 Å². The Morgan fingerprint density at radius 1 is 0.247 bits per heavy atom. The van der Waals surface area contributed by atoms with Crippen molar-refractivity contribution in [2.45, 2.75) is 412 Å². The van der Waals surface area contributed by atoms with Crippen LogP contribution in [0.25, 0.3) is 0 Å². The van der Waals surface area contributed by atoms with Gasteiger partial charge >= 0.3 is 31.4 Å². The molecule has 452 valence electrons.